The lowest BCUT2D eigenvalue weighted by Gasteiger charge is -2.30. The molecular weight excluding hydrogens is 134 g/mol. The van der Waals surface area contributed by atoms with Gasteiger partial charge in [0.05, 0.1) is 5.92 Å². The molecule has 0 heterocycles. The van der Waals surface area contributed by atoms with Gasteiger partial charge in [0.25, 0.3) is 0 Å². The summed E-state index contributed by atoms with van der Waals surface area (Å²) in [4.78, 5) is 20.7. The molecule has 4 nitrogen and oxygen atoms in total. The number of carbonyl (C=O) groups is 2. The predicted octanol–water partition coefficient (Wildman–Crippen LogP) is 0.0592. The number of amides is 1. The molecule has 1 saturated carbocycles. The molecule has 4 heteroatoms. The van der Waals surface area contributed by atoms with Crippen molar-refractivity contribution in [3.8, 4) is 0 Å². The minimum atomic E-state index is -0.802. The van der Waals surface area contributed by atoms with Crippen molar-refractivity contribution >= 4 is 11.9 Å². The van der Waals surface area contributed by atoms with Gasteiger partial charge in [0.1, 0.15) is 11.9 Å². The monoisotopic (exact) mass is 143 g/mol. The molecule has 0 aliphatic heterocycles. The minimum Gasteiger partial charge on any atom is -0.445 e. The van der Waals surface area contributed by atoms with E-state index in [-0.39, 0.29) is 17.8 Å². The van der Waals surface area contributed by atoms with Gasteiger partial charge in [-0.3, -0.25) is 4.79 Å². The van der Waals surface area contributed by atoms with Crippen molar-refractivity contribution in [2.24, 2.45) is 11.7 Å². The second-order valence-corrected chi connectivity index (χ2v) is 2.43. The van der Waals surface area contributed by atoms with Crippen LogP contribution in [0, 0.1) is 5.92 Å². The van der Waals surface area contributed by atoms with E-state index in [2.05, 4.69) is 4.74 Å². The molecule has 0 aromatic heterocycles. The molecule has 1 rings (SSSR count). The molecule has 0 saturated heterocycles. The molecule has 2 unspecified atom stereocenters. The Kier molecular flexibility index (Phi) is 1.61. The van der Waals surface area contributed by atoms with Crippen molar-refractivity contribution in [3.63, 3.8) is 0 Å². The van der Waals surface area contributed by atoms with Gasteiger partial charge in [-0.25, -0.2) is 4.79 Å². The highest BCUT2D eigenvalue weighted by Crippen LogP contribution is 2.25. The second-order valence-electron chi connectivity index (χ2n) is 2.43. The van der Waals surface area contributed by atoms with Crippen LogP contribution in [0.1, 0.15) is 13.3 Å². The van der Waals surface area contributed by atoms with Gasteiger partial charge in [-0.2, -0.15) is 0 Å². The van der Waals surface area contributed by atoms with E-state index in [0.717, 1.165) is 0 Å². The number of rotatable bonds is 1. The number of nitrogens with two attached hydrogens (primary N) is 1. The quantitative estimate of drug-likeness (QED) is 0.564. The fourth-order valence-electron chi connectivity index (χ4n) is 0.901. The molecule has 1 amide bonds. The van der Waals surface area contributed by atoms with Gasteiger partial charge in [-0.15, -0.1) is 0 Å². The third-order valence-electron chi connectivity index (χ3n) is 1.74. The molecule has 1 fully saturated rings. The van der Waals surface area contributed by atoms with E-state index in [1.807, 2.05) is 0 Å². The Labute approximate surface area is 58.3 Å². The van der Waals surface area contributed by atoms with Crippen LogP contribution in [0.3, 0.4) is 0 Å². The van der Waals surface area contributed by atoms with E-state index in [0.29, 0.717) is 6.42 Å². The Bertz CT molecular complexity index is 178. The molecule has 0 aromatic carbocycles. The van der Waals surface area contributed by atoms with E-state index in [9.17, 15) is 9.59 Å². The second kappa shape index (κ2) is 2.28. The fourth-order valence-corrected chi connectivity index (χ4v) is 0.901. The van der Waals surface area contributed by atoms with Crippen LogP contribution in [0.25, 0.3) is 0 Å². The third-order valence-corrected chi connectivity index (χ3v) is 1.74. The van der Waals surface area contributed by atoms with Crippen LogP contribution < -0.4 is 5.73 Å². The predicted molar refractivity (Wildman–Crippen MR) is 33.2 cm³/mol. The van der Waals surface area contributed by atoms with Crippen LogP contribution in [0.2, 0.25) is 0 Å². The largest absolute Gasteiger partial charge is 0.445 e. The summed E-state index contributed by atoms with van der Waals surface area (Å²) in [7, 11) is 0. The molecule has 0 aromatic rings. The van der Waals surface area contributed by atoms with Crippen molar-refractivity contribution < 1.29 is 14.3 Å². The zero-order valence-corrected chi connectivity index (χ0v) is 5.66. The van der Waals surface area contributed by atoms with E-state index < -0.39 is 6.09 Å². The van der Waals surface area contributed by atoms with Gasteiger partial charge in [0, 0.05) is 6.42 Å². The Morgan fingerprint density at radius 2 is 2.40 bits per heavy atom. The maximum Gasteiger partial charge on any atom is 0.404 e. The lowest BCUT2D eigenvalue weighted by atomic mass is 9.82. The van der Waals surface area contributed by atoms with Crippen LogP contribution in [0.15, 0.2) is 0 Å². The number of carbonyl (C=O) groups excluding carboxylic acids is 2. The molecule has 10 heavy (non-hydrogen) atoms. The summed E-state index contributed by atoms with van der Waals surface area (Å²) in [6.45, 7) is 1.72. The summed E-state index contributed by atoms with van der Waals surface area (Å²) >= 11 is 0. The van der Waals surface area contributed by atoms with Crippen LogP contribution in [-0.4, -0.2) is 18.0 Å². The number of ketones is 1. The van der Waals surface area contributed by atoms with Crippen molar-refractivity contribution in [2.45, 2.75) is 19.4 Å². The molecule has 2 N–H and O–H groups in total. The molecular formula is C6H9NO3. The zero-order valence-electron chi connectivity index (χ0n) is 5.66. The molecule has 2 atom stereocenters. The van der Waals surface area contributed by atoms with Gasteiger partial charge < -0.3 is 10.5 Å². The summed E-state index contributed by atoms with van der Waals surface area (Å²) in [6, 6.07) is 0. The van der Waals surface area contributed by atoms with Gasteiger partial charge in [-0.05, 0) is 0 Å². The average Bonchev–Trinajstić information content (AvgIpc) is 1.86. The summed E-state index contributed by atoms with van der Waals surface area (Å²) in [5, 5.41) is 0. The first-order valence-electron chi connectivity index (χ1n) is 3.10. The first kappa shape index (κ1) is 7.05. The van der Waals surface area contributed by atoms with Gasteiger partial charge in [0.15, 0.2) is 0 Å². The van der Waals surface area contributed by atoms with Gasteiger partial charge in [-0.1, -0.05) is 6.92 Å². The molecule has 0 radical (unpaired) electrons. The first-order chi connectivity index (χ1) is 4.61. The summed E-state index contributed by atoms with van der Waals surface area (Å²) in [6.07, 6.45) is -0.751. The van der Waals surface area contributed by atoms with Crippen LogP contribution in [-0.2, 0) is 9.53 Å². The molecule has 1 aliphatic carbocycles. The van der Waals surface area contributed by atoms with Crippen LogP contribution in [0.5, 0.6) is 0 Å². The maximum absolute atomic E-state index is 10.6. The normalized spacial score (nSPS) is 31.1. The highest BCUT2D eigenvalue weighted by Gasteiger charge is 2.38. The molecule has 0 spiro atoms. The zero-order chi connectivity index (χ0) is 7.72. The van der Waals surface area contributed by atoms with Crippen LogP contribution in [0.4, 0.5) is 4.79 Å². The first-order valence-corrected chi connectivity index (χ1v) is 3.10. The molecule has 1 aliphatic rings. The molecule has 56 valence electrons. The van der Waals surface area contributed by atoms with Crippen molar-refractivity contribution in [1.82, 2.24) is 0 Å². The highest BCUT2D eigenvalue weighted by atomic mass is 16.6. The van der Waals surface area contributed by atoms with Crippen molar-refractivity contribution in [1.29, 1.82) is 0 Å². The summed E-state index contributed by atoms with van der Waals surface area (Å²) < 4.78 is 4.59. The Hall–Kier alpha value is -1.06. The highest BCUT2D eigenvalue weighted by molar-refractivity contribution is 5.88. The number of hydrogen-bond donors (Lipinski definition) is 1. The number of ether oxygens (including phenoxy) is 1. The topological polar surface area (TPSA) is 69.4 Å². The third kappa shape index (κ3) is 1.10. The number of primary amides is 1. The number of hydrogen-bond acceptors (Lipinski definition) is 3. The standard InChI is InChI=1S/C6H9NO3/c1-3-4(8)2-5(3)10-6(7)9/h3,5H,2H2,1H3,(H2,7,9). The summed E-state index contributed by atoms with van der Waals surface area (Å²) in [5.74, 6) is -0.0289. The number of Topliss-reactive ketones (excluding diaryl/α,β-unsaturated/α-hetero) is 1. The lowest BCUT2D eigenvalue weighted by Crippen LogP contribution is -2.43. The van der Waals surface area contributed by atoms with Crippen molar-refractivity contribution in [3.05, 3.63) is 0 Å². The van der Waals surface area contributed by atoms with E-state index >= 15 is 0 Å². The van der Waals surface area contributed by atoms with E-state index in [1.54, 1.807) is 6.92 Å². The Balaban J connectivity index is 2.34. The Morgan fingerprint density at radius 3 is 2.70 bits per heavy atom. The van der Waals surface area contributed by atoms with Crippen molar-refractivity contribution in [2.75, 3.05) is 0 Å². The minimum absolute atomic E-state index is 0.131. The van der Waals surface area contributed by atoms with E-state index in [4.69, 9.17) is 5.73 Å². The Morgan fingerprint density at radius 1 is 1.80 bits per heavy atom. The molecule has 0 bridgehead atoms. The average molecular weight is 143 g/mol. The fraction of sp³-hybridized carbons (Fsp3) is 0.667. The SMILES string of the molecule is CC1C(=O)CC1OC(N)=O. The lowest BCUT2D eigenvalue weighted by molar-refractivity contribution is -0.138. The van der Waals surface area contributed by atoms with Gasteiger partial charge >= 0.3 is 6.09 Å². The maximum atomic E-state index is 10.6. The smallest absolute Gasteiger partial charge is 0.404 e. The van der Waals surface area contributed by atoms with E-state index in [1.165, 1.54) is 0 Å². The van der Waals surface area contributed by atoms with Crippen LogP contribution >= 0.6 is 0 Å². The van der Waals surface area contributed by atoms with Gasteiger partial charge in [0.2, 0.25) is 0 Å². The summed E-state index contributed by atoms with van der Waals surface area (Å²) in [5.41, 5.74) is 4.74.